The van der Waals surface area contributed by atoms with Gasteiger partial charge in [0, 0.05) is 37.5 Å². The van der Waals surface area contributed by atoms with E-state index < -0.39 is 0 Å². The van der Waals surface area contributed by atoms with Crippen LogP contribution < -0.4 is 5.32 Å². The molecule has 2 fully saturated rings. The minimum atomic E-state index is -0.325. The largest absolute Gasteiger partial charge is 0.379 e. The fourth-order valence-electron chi connectivity index (χ4n) is 3.05. The van der Waals surface area contributed by atoms with Crippen molar-refractivity contribution in [3.63, 3.8) is 0 Å². The number of likely N-dealkylation sites (tertiary alicyclic amines) is 1. The minimum absolute atomic E-state index is 0.0272. The molecule has 0 bridgehead atoms. The predicted molar refractivity (Wildman–Crippen MR) is 88.2 cm³/mol. The Kier molecular flexibility index (Phi) is 5.64. The molecular weight excluding hydrogens is 314 g/mol. The van der Waals surface area contributed by atoms with E-state index in [1.54, 1.807) is 16.2 Å². The van der Waals surface area contributed by atoms with Crippen LogP contribution in [-0.4, -0.2) is 67.0 Å². The van der Waals surface area contributed by atoms with Gasteiger partial charge in [-0.3, -0.25) is 14.5 Å². The van der Waals surface area contributed by atoms with E-state index in [1.807, 2.05) is 17.5 Å². The van der Waals surface area contributed by atoms with Gasteiger partial charge in [-0.2, -0.15) is 0 Å². The average Bonchev–Trinajstić information content (AvgIpc) is 3.20. The van der Waals surface area contributed by atoms with Crippen molar-refractivity contribution in [2.24, 2.45) is 0 Å². The van der Waals surface area contributed by atoms with Crippen LogP contribution in [0.1, 0.15) is 17.7 Å². The normalized spacial score (nSPS) is 22.5. The lowest BCUT2D eigenvalue weighted by atomic mass is 10.2. The number of hydrogen-bond donors (Lipinski definition) is 1. The van der Waals surface area contributed by atoms with Gasteiger partial charge in [0.15, 0.2) is 0 Å². The number of carbonyl (C=O) groups excluding carboxylic acids is 2. The van der Waals surface area contributed by atoms with E-state index in [0.717, 1.165) is 37.7 Å². The second kappa shape index (κ2) is 7.90. The molecule has 126 valence electrons. The van der Waals surface area contributed by atoms with Gasteiger partial charge in [-0.1, -0.05) is 6.07 Å². The van der Waals surface area contributed by atoms with Gasteiger partial charge in [-0.25, -0.2) is 0 Å². The maximum atomic E-state index is 12.4. The molecule has 2 saturated heterocycles. The topological polar surface area (TPSA) is 61.9 Å². The van der Waals surface area contributed by atoms with Crippen LogP contribution in [0.15, 0.2) is 17.5 Å². The number of ether oxygens (including phenoxy) is 1. The van der Waals surface area contributed by atoms with E-state index >= 15 is 0 Å². The SMILES string of the molecule is O=C(NCCN1CCOCC1)[C@H]1CCC(=O)N1Cc1cccs1. The van der Waals surface area contributed by atoms with E-state index in [1.165, 1.54) is 0 Å². The molecule has 0 radical (unpaired) electrons. The summed E-state index contributed by atoms with van der Waals surface area (Å²) < 4.78 is 5.31. The molecule has 0 aromatic carbocycles. The lowest BCUT2D eigenvalue weighted by Gasteiger charge is -2.27. The van der Waals surface area contributed by atoms with Crippen LogP contribution in [0.25, 0.3) is 0 Å². The summed E-state index contributed by atoms with van der Waals surface area (Å²) in [6, 6.07) is 3.65. The maximum Gasteiger partial charge on any atom is 0.242 e. The number of hydrogen-bond acceptors (Lipinski definition) is 5. The molecule has 0 aliphatic carbocycles. The molecule has 1 N–H and O–H groups in total. The molecule has 6 nitrogen and oxygen atoms in total. The van der Waals surface area contributed by atoms with Crippen LogP contribution in [0, 0.1) is 0 Å². The third kappa shape index (κ3) is 4.31. The first-order valence-corrected chi connectivity index (χ1v) is 9.01. The van der Waals surface area contributed by atoms with Crippen LogP contribution >= 0.6 is 11.3 Å². The summed E-state index contributed by atoms with van der Waals surface area (Å²) in [6.45, 7) is 5.36. The Labute approximate surface area is 140 Å². The summed E-state index contributed by atoms with van der Waals surface area (Å²) in [6.07, 6.45) is 1.08. The Morgan fingerprint density at radius 1 is 1.39 bits per heavy atom. The minimum Gasteiger partial charge on any atom is -0.379 e. The zero-order valence-electron chi connectivity index (χ0n) is 13.2. The number of morpholine rings is 1. The molecule has 0 spiro atoms. The number of amides is 2. The number of carbonyl (C=O) groups is 2. The molecule has 7 heteroatoms. The van der Waals surface area contributed by atoms with Gasteiger partial charge in [-0.15, -0.1) is 11.3 Å². The molecule has 2 amide bonds. The third-order valence-corrected chi connectivity index (χ3v) is 5.23. The zero-order valence-corrected chi connectivity index (χ0v) is 14.0. The second-order valence-corrected chi connectivity index (χ2v) is 6.93. The predicted octanol–water partition coefficient (Wildman–Crippen LogP) is 0.687. The van der Waals surface area contributed by atoms with Crippen LogP contribution in [-0.2, 0) is 20.9 Å². The highest BCUT2D eigenvalue weighted by Crippen LogP contribution is 2.23. The summed E-state index contributed by atoms with van der Waals surface area (Å²) >= 11 is 1.62. The number of thiophene rings is 1. The standard InChI is InChI=1S/C16H23N3O3S/c20-15-4-3-14(19(15)12-13-2-1-11-23-13)16(21)17-5-6-18-7-9-22-10-8-18/h1-2,11,14H,3-10,12H2,(H,17,21)/t14-/m1/s1. The monoisotopic (exact) mass is 337 g/mol. The zero-order chi connectivity index (χ0) is 16.1. The third-order valence-electron chi connectivity index (χ3n) is 4.37. The Morgan fingerprint density at radius 2 is 2.22 bits per heavy atom. The maximum absolute atomic E-state index is 12.4. The Balaban J connectivity index is 1.48. The Hall–Kier alpha value is -1.44. The molecule has 3 rings (SSSR count). The van der Waals surface area contributed by atoms with Gasteiger partial charge in [0.1, 0.15) is 6.04 Å². The van der Waals surface area contributed by atoms with Gasteiger partial charge in [0.05, 0.1) is 19.8 Å². The van der Waals surface area contributed by atoms with Crippen molar-refractivity contribution in [2.45, 2.75) is 25.4 Å². The van der Waals surface area contributed by atoms with Gasteiger partial charge < -0.3 is 15.0 Å². The van der Waals surface area contributed by atoms with Crippen molar-refractivity contribution in [3.05, 3.63) is 22.4 Å². The molecule has 2 aliphatic rings. The average molecular weight is 337 g/mol. The molecule has 23 heavy (non-hydrogen) atoms. The quantitative estimate of drug-likeness (QED) is 0.830. The fraction of sp³-hybridized carbons (Fsp3) is 0.625. The van der Waals surface area contributed by atoms with Crippen molar-refractivity contribution in [1.29, 1.82) is 0 Å². The highest BCUT2D eigenvalue weighted by Gasteiger charge is 2.35. The first-order valence-electron chi connectivity index (χ1n) is 8.14. The molecular formula is C16H23N3O3S. The lowest BCUT2D eigenvalue weighted by Crippen LogP contribution is -2.47. The molecule has 0 unspecified atom stereocenters. The summed E-state index contributed by atoms with van der Waals surface area (Å²) in [4.78, 5) is 29.6. The molecule has 0 saturated carbocycles. The van der Waals surface area contributed by atoms with Crippen molar-refractivity contribution < 1.29 is 14.3 Å². The first kappa shape index (κ1) is 16.4. The van der Waals surface area contributed by atoms with Gasteiger partial charge in [0.25, 0.3) is 0 Å². The lowest BCUT2D eigenvalue weighted by molar-refractivity contribution is -0.135. The van der Waals surface area contributed by atoms with Gasteiger partial charge >= 0.3 is 0 Å². The number of rotatable bonds is 6. The fourth-order valence-corrected chi connectivity index (χ4v) is 3.76. The van der Waals surface area contributed by atoms with Crippen molar-refractivity contribution in [3.8, 4) is 0 Å². The number of nitrogens with one attached hydrogen (secondary N) is 1. The van der Waals surface area contributed by atoms with Crippen LogP contribution in [0.2, 0.25) is 0 Å². The van der Waals surface area contributed by atoms with Crippen LogP contribution in [0.3, 0.4) is 0 Å². The smallest absolute Gasteiger partial charge is 0.242 e. The Bertz CT molecular complexity index is 529. The highest BCUT2D eigenvalue weighted by atomic mass is 32.1. The van der Waals surface area contributed by atoms with Crippen LogP contribution in [0.4, 0.5) is 0 Å². The Morgan fingerprint density at radius 3 is 2.96 bits per heavy atom. The number of nitrogens with zero attached hydrogens (tertiary/aromatic N) is 2. The van der Waals surface area contributed by atoms with Crippen LogP contribution in [0.5, 0.6) is 0 Å². The molecule has 1 aromatic rings. The molecule has 2 aliphatic heterocycles. The summed E-state index contributed by atoms with van der Waals surface area (Å²) in [5.74, 6) is 0.0485. The molecule has 1 aromatic heterocycles. The van der Waals surface area contributed by atoms with E-state index in [9.17, 15) is 9.59 Å². The van der Waals surface area contributed by atoms with Gasteiger partial charge in [-0.05, 0) is 17.9 Å². The van der Waals surface area contributed by atoms with E-state index in [4.69, 9.17) is 4.74 Å². The molecule has 3 heterocycles. The van der Waals surface area contributed by atoms with Gasteiger partial charge in [0.2, 0.25) is 11.8 Å². The van der Waals surface area contributed by atoms with E-state index in [0.29, 0.717) is 25.9 Å². The second-order valence-electron chi connectivity index (χ2n) is 5.90. The van der Waals surface area contributed by atoms with Crippen molar-refractivity contribution in [1.82, 2.24) is 15.1 Å². The summed E-state index contributed by atoms with van der Waals surface area (Å²) in [7, 11) is 0. The van der Waals surface area contributed by atoms with E-state index in [2.05, 4.69) is 10.2 Å². The summed E-state index contributed by atoms with van der Waals surface area (Å²) in [5, 5.41) is 4.98. The highest BCUT2D eigenvalue weighted by molar-refractivity contribution is 7.09. The van der Waals surface area contributed by atoms with Crippen molar-refractivity contribution >= 4 is 23.2 Å². The summed E-state index contributed by atoms with van der Waals surface area (Å²) in [5.41, 5.74) is 0. The molecule has 1 atom stereocenters. The van der Waals surface area contributed by atoms with E-state index in [-0.39, 0.29) is 17.9 Å². The first-order chi connectivity index (χ1) is 11.2. The van der Waals surface area contributed by atoms with Crippen molar-refractivity contribution in [2.75, 3.05) is 39.4 Å².